The van der Waals surface area contributed by atoms with Crippen molar-refractivity contribution in [3.8, 4) is 5.75 Å². The molecule has 1 N–H and O–H groups in total. The molecule has 0 amide bonds. The van der Waals surface area contributed by atoms with Gasteiger partial charge in [0.15, 0.2) is 0 Å². The van der Waals surface area contributed by atoms with Crippen molar-refractivity contribution < 1.29 is 5.11 Å². The highest BCUT2D eigenvalue weighted by molar-refractivity contribution is 6.18. The molecule has 0 aliphatic heterocycles. The summed E-state index contributed by atoms with van der Waals surface area (Å²) >= 11 is 5.72. The van der Waals surface area contributed by atoms with Crippen LogP contribution in [-0.4, -0.2) is 24.1 Å². The van der Waals surface area contributed by atoms with Crippen LogP contribution in [0.15, 0.2) is 54.6 Å². The Morgan fingerprint density at radius 2 is 1.57 bits per heavy atom. The average molecular weight is 306 g/mol. The van der Waals surface area contributed by atoms with Gasteiger partial charge in [-0.1, -0.05) is 42.8 Å². The molecule has 2 aromatic rings. The van der Waals surface area contributed by atoms with E-state index in [-0.39, 0.29) is 0 Å². The van der Waals surface area contributed by atoms with Gasteiger partial charge in [0.1, 0.15) is 5.75 Å². The molecule has 2 rings (SSSR count). The number of anilines is 1. The van der Waals surface area contributed by atoms with E-state index in [1.165, 1.54) is 5.56 Å². The van der Waals surface area contributed by atoms with E-state index >= 15 is 0 Å². The van der Waals surface area contributed by atoms with E-state index in [4.69, 9.17) is 16.7 Å². The largest absolute Gasteiger partial charge is 0.508 e. The summed E-state index contributed by atoms with van der Waals surface area (Å²) in [5.41, 5.74) is 2.44. The van der Waals surface area contributed by atoms with Gasteiger partial charge in [-0.2, -0.15) is 0 Å². The van der Waals surface area contributed by atoms with Crippen LogP contribution in [0.5, 0.6) is 5.75 Å². The van der Waals surface area contributed by atoms with Crippen LogP contribution < -0.4 is 4.90 Å². The Hall–Kier alpha value is -1.67. The predicted octanol–water partition coefficient (Wildman–Crippen LogP) is 4.84. The van der Waals surface area contributed by atoms with Crippen LogP contribution in [0.25, 0.3) is 0 Å². The number of rotatable bonds is 5. The second-order valence-electron chi connectivity index (χ2n) is 4.85. The van der Waals surface area contributed by atoms with Gasteiger partial charge in [0.2, 0.25) is 0 Å². The van der Waals surface area contributed by atoms with Crippen LogP contribution in [0, 0.1) is 6.92 Å². The van der Waals surface area contributed by atoms with Crippen molar-refractivity contribution in [3.63, 3.8) is 0 Å². The number of aryl methyl sites for hydroxylation is 1. The summed E-state index contributed by atoms with van der Waals surface area (Å²) in [4.78, 5) is 2.21. The molecule has 0 atom stereocenters. The van der Waals surface area contributed by atoms with Gasteiger partial charge in [0.05, 0.1) is 0 Å². The van der Waals surface area contributed by atoms with E-state index in [9.17, 15) is 0 Å². The third kappa shape index (κ3) is 7.05. The van der Waals surface area contributed by atoms with Gasteiger partial charge in [-0.25, -0.2) is 0 Å². The highest BCUT2D eigenvalue weighted by Crippen LogP contribution is 2.18. The second kappa shape index (κ2) is 10.1. The van der Waals surface area contributed by atoms with Crippen molar-refractivity contribution in [2.75, 3.05) is 23.9 Å². The molecule has 0 unspecified atom stereocenters. The van der Waals surface area contributed by atoms with Gasteiger partial charge in [-0.05, 0) is 37.6 Å². The predicted molar refractivity (Wildman–Crippen MR) is 92.5 cm³/mol. The van der Waals surface area contributed by atoms with E-state index in [1.54, 1.807) is 12.1 Å². The van der Waals surface area contributed by atoms with Crippen molar-refractivity contribution in [2.24, 2.45) is 0 Å². The molecule has 0 aliphatic carbocycles. The summed E-state index contributed by atoms with van der Waals surface area (Å²) in [5, 5.41) is 9.15. The molecule has 0 radical (unpaired) electrons. The maximum atomic E-state index is 9.15. The number of phenols is 1. The first-order valence-corrected chi connectivity index (χ1v) is 7.82. The normalized spacial score (nSPS) is 9.67. The summed E-state index contributed by atoms with van der Waals surface area (Å²) in [7, 11) is 0. The number of halogens is 1. The number of phenolic OH excluding ortho intramolecular Hbond substituents is 1. The summed E-state index contributed by atoms with van der Waals surface area (Å²) in [6.45, 7) is 6.07. The van der Waals surface area contributed by atoms with Crippen LogP contribution in [0.1, 0.15) is 18.9 Å². The zero-order valence-electron chi connectivity index (χ0n) is 12.8. The number of benzene rings is 2. The van der Waals surface area contributed by atoms with Crippen LogP contribution >= 0.6 is 11.6 Å². The monoisotopic (exact) mass is 305 g/mol. The molecule has 0 aliphatic rings. The molecule has 3 heteroatoms. The Morgan fingerprint density at radius 3 is 2.00 bits per heavy atom. The standard InChI is InChI=1S/C11H16ClNO.C7H8/c1-2-8-13(9-7-12)10-3-5-11(14)6-4-10;1-7-5-3-2-4-6-7/h3-6,14H,2,7-9H2,1H3;2-6H,1H3. The van der Waals surface area contributed by atoms with Crippen LogP contribution in [0.4, 0.5) is 5.69 Å². The van der Waals surface area contributed by atoms with Crippen LogP contribution in [0.3, 0.4) is 0 Å². The number of nitrogens with zero attached hydrogens (tertiary/aromatic N) is 1. The molecule has 0 heterocycles. The van der Waals surface area contributed by atoms with Crippen molar-refractivity contribution in [1.82, 2.24) is 0 Å². The summed E-state index contributed by atoms with van der Waals surface area (Å²) in [6.07, 6.45) is 1.10. The minimum absolute atomic E-state index is 0.302. The highest BCUT2D eigenvalue weighted by Gasteiger charge is 2.03. The number of hydrogen-bond donors (Lipinski definition) is 1. The Bertz CT molecular complexity index is 478. The van der Waals surface area contributed by atoms with Crippen LogP contribution in [-0.2, 0) is 0 Å². The SMILES string of the molecule is CCCN(CCCl)c1ccc(O)cc1.Cc1ccccc1. The zero-order chi connectivity index (χ0) is 15.5. The molecule has 2 aromatic carbocycles. The first-order chi connectivity index (χ1) is 10.2. The Labute approximate surface area is 133 Å². The zero-order valence-corrected chi connectivity index (χ0v) is 13.6. The summed E-state index contributed by atoms with van der Waals surface area (Å²) in [5.74, 6) is 0.928. The lowest BCUT2D eigenvalue weighted by atomic mass is 10.2. The van der Waals surface area contributed by atoms with E-state index < -0.39 is 0 Å². The number of aromatic hydroxyl groups is 1. The molecule has 0 spiro atoms. The molecular formula is C18H24ClNO. The van der Waals surface area contributed by atoms with Gasteiger partial charge in [-0.15, -0.1) is 11.6 Å². The lowest BCUT2D eigenvalue weighted by molar-refractivity contribution is 0.475. The van der Waals surface area contributed by atoms with E-state index in [1.807, 2.05) is 30.3 Å². The lowest BCUT2D eigenvalue weighted by Crippen LogP contribution is -2.25. The minimum atomic E-state index is 0.302. The Morgan fingerprint density at radius 1 is 0.952 bits per heavy atom. The van der Waals surface area contributed by atoms with Gasteiger partial charge in [0, 0.05) is 24.7 Å². The minimum Gasteiger partial charge on any atom is -0.508 e. The van der Waals surface area contributed by atoms with E-state index in [2.05, 4.69) is 30.9 Å². The van der Waals surface area contributed by atoms with Gasteiger partial charge < -0.3 is 10.0 Å². The Kier molecular flexibility index (Phi) is 8.37. The van der Waals surface area contributed by atoms with Gasteiger partial charge in [-0.3, -0.25) is 0 Å². The average Bonchev–Trinajstić information content (AvgIpc) is 2.49. The van der Waals surface area contributed by atoms with Crippen molar-refractivity contribution in [1.29, 1.82) is 0 Å². The number of alkyl halides is 1. The smallest absolute Gasteiger partial charge is 0.115 e. The molecule has 0 saturated heterocycles. The molecular weight excluding hydrogens is 282 g/mol. The van der Waals surface area contributed by atoms with E-state index in [0.29, 0.717) is 11.6 Å². The third-order valence-corrected chi connectivity index (χ3v) is 3.17. The maximum absolute atomic E-state index is 9.15. The fourth-order valence-corrected chi connectivity index (χ4v) is 2.14. The van der Waals surface area contributed by atoms with E-state index in [0.717, 1.165) is 25.2 Å². The molecule has 2 nitrogen and oxygen atoms in total. The summed E-state index contributed by atoms with van der Waals surface area (Å²) in [6, 6.07) is 17.5. The second-order valence-corrected chi connectivity index (χ2v) is 5.23. The topological polar surface area (TPSA) is 23.5 Å². The maximum Gasteiger partial charge on any atom is 0.115 e. The van der Waals surface area contributed by atoms with Gasteiger partial charge in [0.25, 0.3) is 0 Å². The van der Waals surface area contributed by atoms with Crippen LogP contribution in [0.2, 0.25) is 0 Å². The first kappa shape index (κ1) is 17.4. The molecule has 21 heavy (non-hydrogen) atoms. The lowest BCUT2D eigenvalue weighted by Gasteiger charge is -2.23. The summed E-state index contributed by atoms with van der Waals surface area (Å²) < 4.78 is 0. The fraction of sp³-hybridized carbons (Fsp3) is 0.333. The molecule has 0 fully saturated rings. The highest BCUT2D eigenvalue weighted by atomic mass is 35.5. The van der Waals surface area contributed by atoms with Crippen molar-refractivity contribution in [2.45, 2.75) is 20.3 Å². The third-order valence-electron chi connectivity index (χ3n) is 3.00. The Balaban J connectivity index is 0.000000262. The molecule has 114 valence electrons. The number of hydrogen-bond acceptors (Lipinski definition) is 2. The van der Waals surface area contributed by atoms with Crippen molar-refractivity contribution >= 4 is 17.3 Å². The molecule has 0 bridgehead atoms. The molecule has 0 aromatic heterocycles. The van der Waals surface area contributed by atoms with Gasteiger partial charge >= 0.3 is 0 Å². The van der Waals surface area contributed by atoms with Crippen molar-refractivity contribution in [3.05, 3.63) is 60.2 Å². The molecule has 0 saturated carbocycles. The quantitative estimate of drug-likeness (QED) is 0.799. The fourth-order valence-electron chi connectivity index (χ4n) is 1.94. The first-order valence-electron chi connectivity index (χ1n) is 7.29.